The maximum absolute atomic E-state index is 10.5. The van der Waals surface area contributed by atoms with Gasteiger partial charge in [0.05, 0.1) is 12.2 Å². The molecule has 0 bridgehead atoms. The van der Waals surface area contributed by atoms with E-state index in [1.165, 1.54) is 16.7 Å². The van der Waals surface area contributed by atoms with Crippen LogP contribution in [0.4, 0.5) is 0 Å². The molecule has 2 aliphatic rings. The number of nitrogens with zero attached hydrogens (tertiary/aromatic N) is 1. The Morgan fingerprint density at radius 3 is 1.48 bits per heavy atom. The van der Waals surface area contributed by atoms with Gasteiger partial charge in [0, 0.05) is 37.8 Å². The first kappa shape index (κ1) is 39.5. The van der Waals surface area contributed by atoms with Gasteiger partial charge in [0.15, 0.2) is 18.7 Å². The van der Waals surface area contributed by atoms with Crippen molar-refractivity contribution < 1.29 is 45.5 Å². The fourth-order valence-electron chi connectivity index (χ4n) is 5.07. The number of benzene rings is 3. The van der Waals surface area contributed by atoms with E-state index in [1.54, 1.807) is 0 Å². The number of carboxylic acid groups (broad SMARTS) is 1. The van der Waals surface area contributed by atoms with Crippen LogP contribution in [-0.2, 0) is 32.7 Å². The molecule has 2 saturated heterocycles. The van der Waals surface area contributed by atoms with Gasteiger partial charge in [0.25, 0.3) is 5.97 Å². The Labute approximate surface area is 280 Å². The van der Waals surface area contributed by atoms with E-state index in [0.29, 0.717) is 12.8 Å². The van der Waals surface area contributed by atoms with Crippen molar-refractivity contribution in [3.05, 3.63) is 108 Å². The summed E-state index contributed by atoms with van der Waals surface area (Å²) in [6, 6.07) is 30.5. The molecule has 8 atom stereocenters. The molecular weight excluding hydrogens is 656 g/mol. The van der Waals surface area contributed by atoms with Crippen LogP contribution < -0.4 is 5.73 Å². The molecule has 2 aliphatic heterocycles. The lowest BCUT2D eigenvalue weighted by Gasteiger charge is -2.42. The van der Waals surface area contributed by atoms with Crippen molar-refractivity contribution in [3.63, 3.8) is 0 Å². The van der Waals surface area contributed by atoms with Crippen molar-refractivity contribution in [3.8, 4) is 0 Å². The van der Waals surface area contributed by atoms with Crippen LogP contribution in [0.15, 0.2) is 91.0 Å². The van der Waals surface area contributed by atoms with Crippen molar-refractivity contribution in [2.75, 3.05) is 0 Å². The number of ether oxygens (including phenoxy) is 2. The normalized spacial score (nSPS) is 27.1. The number of quaternary nitrogens is 1. The molecule has 0 aromatic heterocycles. The van der Waals surface area contributed by atoms with Gasteiger partial charge in [0.1, 0.15) is 12.1 Å². The molecule has 3 aromatic rings. The summed E-state index contributed by atoms with van der Waals surface area (Å²) in [5.41, 5.74) is 7.39. The first-order valence-electron chi connectivity index (χ1n) is 15.4. The molecule has 0 spiro atoms. The number of hydrogen-bond acceptors (Lipinski definition) is 8. The number of rotatable bonds is 6. The third kappa shape index (κ3) is 14.8. The second-order valence-corrected chi connectivity index (χ2v) is 12.0. The Kier molecular flexibility index (Phi) is 18.2. The minimum absolute atomic E-state index is 0.000833. The molecule has 0 aliphatic carbocycles. The van der Waals surface area contributed by atoms with Gasteiger partial charge in [0.2, 0.25) is 0 Å². The largest absolute Gasteiger partial charge is 0.481 e. The first-order chi connectivity index (χ1) is 21.9. The van der Waals surface area contributed by atoms with Crippen LogP contribution in [0.5, 0.6) is 0 Å². The summed E-state index contributed by atoms with van der Waals surface area (Å²) in [6.07, 6.45) is -2.59. The van der Waals surface area contributed by atoms with Gasteiger partial charge in [-0.3, -0.25) is 9.69 Å². The van der Waals surface area contributed by atoms with Crippen LogP contribution in [0.3, 0.4) is 0 Å². The molecule has 2 heterocycles. The number of aliphatic carboxylic acids is 1. The van der Waals surface area contributed by atoms with Crippen molar-refractivity contribution in [1.82, 2.24) is 4.90 Å². The number of alkyl halides is 1. The van der Waals surface area contributed by atoms with Gasteiger partial charge < -0.3 is 40.7 Å². The zero-order valence-corrected chi connectivity index (χ0v) is 28.4. The van der Waals surface area contributed by atoms with Gasteiger partial charge >= 0.3 is 0 Å². The number of halogens is 1. The molecule has 10 nitrogen and oxygen atoms in total. The highest BCUT2D eigenvalue weighted by Crippen LogP contribution is 2.26. The third-order valence-corrected chi connectivity index (χ3v) is 7.98. The number of aliphatic hydroxyl groups is 4. The highest BCUT2D eigenvalue weighted by molar-refractivity contribution is 9.08. The Balaban J connectivity index is 0.000000273. The second-order valence-electron chi connectivity index (χ2n) is 11.5. The smallest absolute Gasteiger partial charge is 0.300 e. The van der Waals surface area contributed by atoms with Crippen LogP contribution in [0, 0.1) is 0 Å². The quantitative estimate of drug-likeness (QED) is 0.211. The van der Waals surface area contributed by atoms with Gasteiger partial charge in [-0.25, -0.2) is 0 Å². The monoisotopic (exact) mass is 705 g/mol. The van der Waals surface area contributed by atoms with Crippen molar-refractivity contribution >= 4 is 21.9 Å². The maximum atomic E-state index is 10.5. The van der Waals surface area contributed by atoms with E-state index < -0.39 is 30.8 Å². The van der Waals surface area contributed by atoms with Crippen LogP contribution >= 0.6 is 15.9 Å². The SMILES string of the molecule is BrCc1ccccc1.CC(=O)O.CC1CC(N(Cc2ccccc2)Cc2ccccc2)C(O)[C@@H](O)O1.CC1CC([NH3+])C(O)[C@@H](O)O1. The lowest BCUT2D eigenvalue weighted by Crippen LogP contribution is -2.71. The highest BCUT2D eigenvalue weighted by Gasteiger charge is 2.38. The topological polar surface area (TPSA) is 168 Å². The van der Waals surface area contributed by atoms with Crippen molar-refractivity contribution in [1.29, 1.82) is 0 Å². The molecule has 0 radical (unpaired) electrons. The molecule has 2 fully saturated rings. The highest BCUT2D eigenvalue weighted by atomic mass is 79.9. The zero-order valence-electron chi connectivity index (χ0n) is 26.8. The van der Waals surface area contributed by atoms with E-state index in [9.17, 15) is 10.2 Å². The molecule has 8 N–H and O–H groups in total. The maximum Gasteiger partial charge on any atom is 0.300 e. The number of aliphatic hydroxyl groups excluding tert-OH is 4. The molecule has 3 aromatic carbocycles. The lowest BCUT2D eigenvalue weighted by atomic mass is 9.97. The van der Waals surface area contributed by atoms with E-state index >= 15 is 0 Å². The van der Waals surface area contributed by atoms with E-state index in [1.807, 2.05) is 68.4 Å². The van der Waals surface area contributed by atoms with E-state index in [2.05, 4.69) is 63.0 Å². The molecule has 6 unspecified atom stereocenters. The van der Waals surface area contributed by atoms with Gasteiger partial charge in [-0.05, 0) is 37.0 Å². The van der Waals surface area contributed by atoms with Crippen molar-refractivity contribution in [2.24, 2.45) is 0 Å². The minimum atomic E-state index is -1.13. The average Bonchev–Trinajstić information content (AvgIpc) is 3.03. The van der Waals surface area contributed by atoms with Crippen molar-refractivity contribution in [2.45, 2.75) is 101 Å². The van der Waals surface area contributed by atoms with E-state index in [0.717, 1.165) is 25.3 Å². The summed E-state index contributed by atoms with van der Waals surface area (Å²) in [7, 11) is 0. The average molecular weight is 707 g/mol. The molecule has 46 heavy (non-hydrogen) atoms. The van der Waals surface area contributed by atoms with E-state index in [4.69, 9.17) is 29.6 Å². The van der Waals surface area contributed by atoms with Crippen LogP contribution in [0.2, 0.25) is 0 Å². The summed E-state index contributed by atoms with van der Waals surface area (Å²) < 4.78 is 10.3. The minimum Gasteiger partial charge on any atom is -0.481 e. The molecule has 5 rings (SSSR count). The van der Waals surface area contributed by atoms with Crippen LogP contribution in [-0.4, -0.2) is 85.5 Å². The van der Waals surface area contributed by atoms with Crippen LogP contribution in [0.25, 0.3) is 0 Å². The number of hydrogen-bond donors (Lipinski definition) is 6. The fraction of sp³-hybridized carbons (Fsp3) is 0.457. The third-order valence-electron chi connectivity index (χ3n) is 7.34. The summed E-state index contributed by atoms with van der Waals surface area (Å²) in [4.78, 5) is 11.2. The number of carboxylic acids is 1. The Morgan fingerprint density at radius 1 is 0.739 bits per heavy atom. The molecule has 11 heteroatoms. The second kappa shape index (κ2) is 21.2. The Hall–Kier alpha value is -2.71. The first-order valence-corrected chi connectivity index (χ1v) is 16.5. The predicted molar refractivity (Wildman–Crippen MR) is 179 cm³/mol. The molecule has 254 valence electrons. The lowest BCUT2D eigenvalue weighted by molar-refractivity contribution is -0.466. The van der Waals surface area contributed by atoms with Gasteiger partial charge in [-0.2, -0.15) is 0 Å². The standard InChI is InChI=1S/C20H25NO3.C7H7Br.C6H13NO3.C2H4O2/c1-15-12-18(19(22)20(23)24-15)21(13-16-8-4-2-5-9-16)14-17-10-6-3-7-11-17;8-6-7-4-2-1-3-5-7;1-3-2-4(7)5(8)6(9)10-3;1-2(3)4/h2-11,15,18-20,22-23H,12-14H2,1H3;1-5H,6H2;3-6,8-9H,2,7H2,1H3;1H3,(H,3,4)/p+1/t15?,18?,19?,20-;;3?,4?,5?,6-;/m0.0./s1. The Bertz CT molecular complexity index is 1170. The predicted octanol–water partition coefficient (Wildman–Crippen LogP) is 3.30. The number of carbonyl (C=O) groups is 1. The fourth-order valence-corrected chi connectivity index (χ4v) is 5.45. The zero-order chi connectivity index (χ0) is 34.1. The summed E-state index contributed by atoms with van der Waals surface area (Å²) in [6.45, 7) is 6.31. The molecule has 0 amide bonds. The Morgan fingerprint density at radius 2 is 1.11 bits per heavy atom. The molecule has 0 saturated carbocycles. The molecular formula is C35H50BrN2O8+. The summed E-state index contributed by atoms with van der Waals surface area (Å²) in [5.74, 6) is -0.833. The summed E-state index contributed by atoms with van der Waals surface area (Å²) in [5, 5.41) is 47.0. The van der Waals surface area contributed by atoms with Crippen LogP contribution in [0.1, 0.15) is 50.3 Å². The summed E-state index contributed by atoms with van der Waals surface area (Å²) >= 11 is 3.36. The van der Waals surface area contributed by atoms with E-state index in [-0.39, 0.29) is 24.3 Å². The van der Waals surface area contributed by atoms with Gasteiger partial charge in [-0.1, -0.05) is 107 Å². The van der Waals surface area contributed by atoms with Gasteiger partial charge in [-0.15, -0.1) is 0 Å².